The molecule has 7 aromatic rings. The van der Waals surface area contributed by atoms with E-state index in [-0.39, 0.29) is 20.1 Å². The van der Waals surface area contributed by atoms with Crippen molar-refractivity contribution in [2.24, 2.45) is 0 Å². The summed E-state index contributed by atoms with van der Waals surface area (Å²) in [7, 11) is 2.00. The van der Waals surface area contributed by atoms with Gasteiger partial charge in [0.05, 0.1) is 0 Å². The van der Waals surface area contributed by atoms with Crippen LogP contribution in [0.5, 0.6) is 0 Å². The summed E-state index contributed by atoms with van der Waals surface area (Å²) < 4.78 is 12.5. The molecule has 0 spiro atoms. The first kappa shape index (κ1) is 26.3. The van der Waals surface area contributed by atoms with E-state index in [2.05, 4.69) is 47.4 Å². The smallest absolute Gasteiger partial charge is 0.139 e. The third kappa shape index (κ3) is 4.57. The van der Waals surface area contributed by atoms with Crippen LogP contribution in [0.25, 0.3) is 66.3 Å². The number of aliphatic hydroxyl groups is 2. The molecule has 0 saturated carbocycles. The molecule has 7 rings (SSSR count). The fourth-order valence-electron chi connectivity index (χ4n) is 4.67. The van der Waals surface area contributed by atoms with Gasteiger partial charge in [0.25, 0.3) is 0 Å². The van der Waals surface area contributed by atoms with Gasteiger partial charge in [0.1, 0.15) is 22.3 Å². The molecule has 0 bridgehead atoms. The molecule has 0 atom stereocenters. The van der Waals surface area contributed by atoms with Gasteiger partial charge in [-0.3, -0.25) is 0 Å². The Morgan fingerprint density at radius 3 is 1.78 bits per heavy atom. The van der Waals surface area contributed by atoms with E-state index in [4.69, 9.17) is 19.0 Å². The van der Waals surface area contributed by atoms with Gasteiger partial charge in [-0.05, 0) is 29.5 Å². The van der Waals surface area contributed by atoms with Crippen molar-refractivity contribution in [1.82, 2.24) is 4.98 Å². The van der Waals surface area contributed by atoms with E-state index in [0.29, 0.717) is 0 Å². The number of fused-ring (bicyclic) bond motifs is 6. The number of benzene rings is 4. The van der Waals surface area contributed by atoms with E-state index in [0.717, 1.165) is 80.5 Å². The maximum Gasteiger partial charge on any atom is 0.139 e. The summed E-state index contributed by atoms with van der Waals surface area (Å²) in [5.74, 6) is 0. The molecule has 1 radical (unpaired) electrons. The number of furan rings is 2. The van der Waals surface area contributed by atoms with Crippen molar-refractivity contribution in [3.05, 3.63) is 103 Å². The molecule has 6 heteroatoms. The number of aliphatic hydroxyl groups excluding tert-OH is 2. The van der Waals surface area contributed by atoms with Crippen LogP contribution in [-0.2, 0) is 20.1 Å². The molecule has 0 saturated heterocycles. The number of para-hydroxylation sites is 2. The topological polar surface area (TPSA) is 79.6 Å². The van der Waals surface area contributed by atoms with Gasteiger partial charge < -0.3 is 24.0 Å². The zero-order valence-corrected chi connectivity index (χ0v) is 22.6. The van der Waals surface area contributed by atoms with Crippen LogP contribution < -0.4 is 0 Å². The molecule has 5 nitrogen and oxygen atoms in total. The summed E-state index contributed by atoms with van der Waals surface area (Å²) in [6.45, 7) is 0. The minimum absolute atomic E-state index is 0. The molecule has 37 heavy (non-hydrogen) atoms. The first-order valence-electron chi connectivity index (χ1n) is 11.5. The van der Waals surface area contributed by atoms with Crippen molar-refractivity contribution in [3.63, 3.8) is 0 Å². The summed E-state index contributed by atoms with van der Waals surface area (Å²) in [6.07, 6.45) is 1.86. The third-order valence-electron chi connectivity index (χ3n) is 6.04. The fourth-order valence-corrected chi connectivity index (χ4v) is 4.67. The van der Waals surface area contributed by atoms with Crippen molar-refractivity contribution < 1.29 is 39.2 Å². The number of nitrogens with zero attached hydrogens (tertiary/aromatic N) is 1. The van der Waals surface area contributed by atoms with E-state index >= 15 is 0 Å². The van der Waals surface area contributed by atoms with Gasteiger partial charge in [-0.25, -0.2) is 0 Å². The number of hydrogen-bond donors (Lipinski definition) is 2. The van der Waals surface area contributed by atoms with Gasteiger partial charge in [0, 0.05) is 73.7 Å². The minimum atomic E-state index is 0. The molecule has 3 aromatic heterocycles. The minimum Gasteiger partial charge on any atom is -0.456 e. The Kier molecular flexibility index (Phi) is 8.17. The Morgan fingerprint density at radius 1 is 0.649 bits per heavy atom. The standard InChI is InChI=1S/C29H16NO2.2CH4O.Ir/c1-2-8-18(9-3-1)22-16-19(14-15-30-22)27-28-20-10-4-6-12-23(20)31-25(28)17-26-29(27)21-11-5-7-13-24(21)32-26;2*1-2;/h1-8,10-17H;2*2H,1H3;/q-1;;;. The monoisotopic (exact) mass is 667 g/mol. The molecule has 0 aliphatic heterocycles. The Hall–Kier alpha value is -3.80. The maximum atomic E-state index is 7.00. The summed E-state index contributed by atoms with van der Waals surface area (Å²) in [5.41, 5.74) is 7.39. The van der Waals surface area contributed by atoms with Crippen LogP contribution >= 0.6 is 0 Å². The first-order valence-corrected chi connectivity index (χ1v) is 11.5. The summed E-state index contributed by atoms with van der Waals surface area (Å²) in [6, 6.07) is 33.8. The van der Waals surface area contributed by atoms with E-state index in [9.17, 15) is 0 Å². The third-order valence-corrected chi connectivity index (χ3v) is 6.04. The average molecular weight is 667 g/mol. The number of rotatable bonds is 2. The molecule has 0 amide bonds. The molecule has 3 heterocycles. The fraction of sp³-hybridized carbons (Fsp3) is 0.0645. The zero-order chi connectivity index (χ0) is 25.1. The predicted octanol–water partition coefficient (Wildman–Crippen LogP) is 7.23. The SMILES string of the molecule is CO.CO.[Ir].[c-]1ccccc1-c1cc(-c2c3c(cc4oc5ccccc5c24)oc2ccccc23)ccn1. The van der Waals surface area contributed by atoms with Gasteiger partial charge in [-0.2, -0.15) is 0 Å². The van der Waals surface area contributed by atoms with Gasteiger partial charge in [-0.15, -0.1) is 35.9 Å². The Labute approximate surface area is 227 Å². The molecule has 2 N–H and O–H groups in total. The molecule has 0 aliphatic rings. The van der Waals surface area contributed by atoms with E-state index < -0.39 is 0 Å². The molecule has 0 unspecified atom stereocenters. The van der Waals surface area contributed by atoms with Crippen LogP contribution in [0.3, 0.4) is 0 Å². The second-order valence-corrected chi connectivity index (χ2v) is 7.90. The summed E-state index contributed by atoms with van der Waals surface area (Å²) >= 11 is 0. The second kappa shape index (κ2) is 11.5. The van der Waals surface area contributed by atoms with Crippen molar-refractivity contribution in [3.8, 4) is 22.4 Å². The molecule has 0 fully saturated rings. The van der Waals surface area contributed by atoms with Gasteiger partial charge in [-0.1, -0.05) is 42.5 Å². The van der Waals surface area contributed by atoms with Gasteiger partial charge >= 0.3 is 0 Å². The van der Waals surface area contributed by atoms with Crippen LogP contribution in [0, 0.1) is 6.07 Å². The zero-order valence-electron chi connectivity index (χ0n) is 20.2. The number of hydrogen-bond acceptors (Lipinski definition) is 5. The van der Waals surface area contributed by atoms with Crippen LogP contribution in [-0.4, -0.2) is 29.4 Å². The van der Waals surface area contributed by atoms with Crippen molar-refractivity contribution >= 4 is 43.9 Å². The van der Waals surface area contributed by atoms with Gasteiger partial charge in [0.15, 0.2) is 0 Å². The Bertz CT molecular complexity index is 1700. The van der Waals surface area contributed by atoms with Crippen LogP contribution in [0.15, 0.2) is 106 Å². The molecule has 0 aliphatic carbocycles. The van der Waals surface area contributed by atoms with Crippen molar-refractivity contribution in [1.29, 1.82) is 0 Å². The normalized spacial score (nSPS) is 10.5. The number of pyridine rings is 1. The van der Waals surface area contributed by atoms with Crippen molar-refractivity contribution in [2.75, 3.05) is 14.2 Å². The molecule has 4 aromatic carbocycles. The first-order chi connectivity index (χ1) is 17.9. The number of aromatic nitrogens is 1. The largest absolute Gasteiger partial charge is 0.456 e. The van der Waals surface area contributed by atoms with Crippen LogP contribution in [0.4, 0.5) is 0 Å². The second-order valence-electron chi connectivity index (χ2n) is 7.90. The summed E-state index contributed by atoms with van der Waals surface area (Å²) in [5, 5.41) is 18.4. The Morgan fingerprint density at radius 2 is 1.22 bits per heavy atom. The van der Waals surface area contributed by atoms with E-state index in [1.165, 1.54) is 0 Å². The van der Waals surface area contributed by atoms with Crippen molar-refractivity contribution in [2.45, 2.75) is 0 Å². The molecular formula is C31H24IrNO4-. The quantitative estimate of drug-likeness (QED) is 0.191. The summed E-state index contributed by atoms with van der Waals surface area (Å²) in [4.78, 5) is 4.62. The maximum absolute atomic E-state index is 7.00. The average Bonchev–Trinajstić information content (AvgIpc) is 3.52. The molecule has 187 valence electrons. The predicted molar refractivity (Wildman–Crippen MR) is 145 cm³/mol. The van der Waals surface area contributed by atoms with E-state index in [1.54, 1.807) is 0 Å². The van der Waals surface area contributed by atoms with Crippen LogP contribution in [0.2, 0.25) is 0 Å². The van der Waals surface area contributed by atoms with Crippen LogP contribution in [0.1, 0.15) is 0 Å². The Balaban J connectivity index is 0.000000613. The van der Waals surface area contributed by atoms with E-state index in [1.807, 2.05) is 60.8 Å². The molecular weight excluding hydrogens is 643 g/mol. The van der Waals surface area contributed by atoms with Gasteiger partial charge in [0.2, 0.25) is 0 Å².